The van der Waals surface area contributed by atoms with Crippen LogP contribution in [0.25, 0.3) is 0 Å². The second-order valence-electron chi connectivity index (χ2n) is 8.17. The summed E-state index contributed by atoms with van der Waals surface area (Å²) in [6.45, 7) is 8.11. The molecule has 146 valence electrons. The molecule has 1 aromatic rings. The second-order valence-corrected chi connectivity index (χ2v) is 8.17. The van der Waals surface area contributed by atoms with Gasteiger partial charge in [0.05, 0.1) is 12.2 Å². The van der Waals surface area contributed by atoms with Gasteiger partial charge in [0.15, 0.2) is 0 Å². The summed E-state index contributed by atoms with van der Waals surface area (Å²) in [7, 11) is 1.67. The minimum Gasteiger partial charge on any atom is -0.383 e. The largest absolute Gasteiger partial charge is 0.383 e. The first-order valence-electron chi connectivity index (χ1n) is 9.91. The fraction of sp³-hybridized carbons (Fsp3) is 0.667. The third-order valence-electron chi connectivity index (χ3n) is 6.05. The summed E-state index contributed by atoms with van der Waals surface area (Å²) in [5.74, 6) is 1.41. The van der Waals surface area contributed by atoms with Gasteiger partial charge < -0.3 is 14.5 Å². The normalized spacial score (nSPS) is 19.6. The van der Waals surface area contributed by atoms with E-state index in [1.54, 1.807) is 7.11 Å². The average molecular weight is 370 g/mol. The van der Waals surface area contributed by atoms with Gasteiger partial charge in [0, 0.05) is 45.4 Å². The topological polar surface area (TPSA) is 69.5 Å². The molecule has 3 heterocycles. The van der Waals surface area contributed by atoms with E-state index in [-0.39, 0.29) is 11.3 Å². The van der Waals surface area contributed by atoms with Gasteiger partial charge in [0.1, 0.15) is 11.9 Å². The fourth-order valence-electron chi connectivity index (χ4n) is 4.22. The Morgan fingerprint density at radius 1 is 1.30 bits per heavy atom. The summed E-state index contributed by atoms with van der Waals surface area (Å²) in [5.41, 5.74) is 1.87. The summed E-state index contributed by atoms with van der Waals surface area (Å²) in [6.07, 6.45) is 3.66. The highest BCUT2D eigenvalue weighted by atomic mass is 16.5. The van der Waals surface area contributed by atoms with Crippen LogP contribution in [0.3, 0.4) is 0 Å². The molecule has 0 N–H and O–H groups in total. The third kappa shape index (κ3) is 4.24. The Morgan fingerprint density at radius 3 is 2.67 bits per heavy atom. The Balaban J connectivity index is 1.71. The Kier molecular flexibility index (Phi) is 6.01. The summed E-state index contributed by atoms with van der Waals surface area (Å²) in [5, 5.41) is 9.49. The number of hydrogen-bond donors (Lipinski definition) is 0. The average Bonchev–Trinajstić information content (AvgIpc) is 2.69. The van der Waals surface area contributed by atoms with Crippen molar-refractivity contribution in [1.82, 2.24) is 9.88 Å². The van der Waals surface area contributed by atoms with Crippen LogP contribution in [0.1, 0.15) is 56.7 Å². The highest BCUT2D eigenvalue weighted by Crippen LogP contribution is 2.41. The Hall–Kier alpha value is -2.13. The number of nitrogens with zero attached hydrogens (tertiary/aromatic N) is 4. The number of ether oxygens (including phenoxy) is 1. The van der Waals surface area contributed by atoms with E-state index < -0.39 is 0 Å². The molecule has 1 spiro atoms. The first-order valence-corrected chi connectivity index (χ1v) is 9.91. The molecule has 0 aromatic carbocycles. The van der Waals surface area contributed by atoms with E-state index >= 15 is 0 Å². The third-order valence-corrected chi connectivity index (χ3v) is 6.05. The lowest BCUT2D eigenvalue weighted by Crippen LogP contribution is -2.52. The Morgan fingerprint density at radius 2 is 2.04 bits per heavy atom. The number of likely N-dealkylation sites (tertiary alicyclic amines) is 1. The molecule has 1 aromatic heterocycles. The van der Waals surface area contributed by atoms with Crippen molar-refractivity contribution in [3.8, 4) is 6.07 Å². The number of nitriles is 1. The standard InChI is InChI=1S/C21H30N4O2/c1-16(2)18-5-4-17(14-22)20(23-18)24-10-8-21(9-11-24)7-6-19(26)25(15-21)12-13-27-3/h4-5,16H,6-13,15H2,1-3H3. The zero-order valence-electron chi connectivity index (χ0n) is 16.7. The minimum atomic E-state index is 0.195. The first-order chi connectivity index (χ1) is 13.0. The van der Waals surface area contributed by atoms with E-state index in [2.05, 4.69) is 24.8 Å². The van der Waals surface area contributed by atoms with Crippen molar-refractivity contribution < 1.29 is 9.53 Å². The van der Waals surface area contributed by atoms with Gasteiger partial charge in [0.25, 0.3) is 0 Å². The molecule has 1 amide bonds. The molecular formula is C21H30N4O2. The van der Waals surface area contributed by atoms with Gasteiger partial charge in [-0.1, -0.05) is 13.8 Å². The van der Waals surface area contributed by atoms with Crippen molar-refractivity contribution in [3.05, 3.63) is 23.4 Å². The van der Waals surface area contributed by atoms with Gasteiger partial charge >= 0.3 is 0 Å². The van der Waals surface area contributed by atoms with Crippen LogP contribution in [-0.4, -0.2) is 55.7 Å². The number of piperidine rings is 2. The Labute approximate surface area is 162 Å². The molecule has 6 heteroatoms. The second kappa shape index (κ2) is 8.26. The molecule has 2 aliphatic rings. The number of carbonyl (C=O) groups is 1. The van der Waals surface area contributed by atoms with E-state index in [1.165, 1.54) is 0 Å². The van der Waals surface area contributed by atoms with Crippen LogP contribution in [0, 0.1) is 16.7 Å². The van der Waals surface area contributed by atoms with Crippen molar-refractivity contribution in [2.75, 3.05) is 44.8 Å². The molecule has 0 radical (unpaired) electrons. The highest BCUT2D eigenvalue weighted by Gasteiger charge is 2.41. The number of carbonyl (C=O) groups excluding carboxylic acids is 1. The number of rotatable bonds is 5. The van der Waals surface area contributed by atoms with Gasteiger partial charge in [-0.15, -0.1) is 0 Å². The smallest absolute Gasteiger partial charge is 0.222 e. The lowest BCUT2D eigenvalue weighted by Gasteiger charge is -2.47. The van der Waals surface area contributed by atoms with E-state index in [0.717, 1.165) is 50.4 Å². The number of methoxy groups -OCH3 is 1. The zero-order chi connectivity index (χ0) is 19.4. The summed E-state index contributed by atoms with van der Waals surface area (Å²) in [4.78, 5) is 21.2. The van der Waals surface area contributed by atoms with E-state index in [9.17, 15) is 10.1 Å². The maximum atomic E-state index is 12.2. The molecule has 0 unspecified atom stereocenters. The Bertz CT molecular complexity index is 717. The van der Waals surface area contributed by atoms with Crippen LogP contribution in [0.15, 0.2) is 12.1 Å². The van der Waals surface area contributed by atoms with Crippen molar-refractivity contribution in [2.24, 2.45) is 5.41 Å². The maximum Gasteiger partial charge on any atom is 0.222 e. The number of amides is 1. The quantitative estimate of drug-likeness (QED) is 0.797. The van der Waals surface area contributed by atoms with Gasteiger partial charge in [-0.3, -0.25) is 4.79 Å². The van der Waals surface area contributed by atoms with E-state index in [0.29, 0.717) is 31.1 Å². The lowest BCUT2D eigenvalue weighted by molar-refractivity contribution is -0.139. The van der Waals surface area contributed by atoms with Gasteiger partial charge in [-0.25, -0.2) is 4.98 Å². The molecular weight excluding hydrogens is 340 g/mol. The number of aromatic nitrogens is 1. The predicted molar refractivity (Wildman–Crippen MR) is 105 cm³/mol. The molecule has 0 bridgehead atoms. The molecule has 2 fully saturated rings. The van der Waals surface area contributed by atoms with Crippen molar-refractivity contribution >= 4 is 11.7 Å². The maximum absolute atomic E-state index is 12.2. The van der Waals surface area contributed by atoms with Crippen LogP contribution in [0.2, 0.25) is 0 Å². The van der Waals surface area contributed by atoms with Crippen molar-refractivity contribution in [1.29, 1.82) is 5.26 Å². The molecule has 2 saturated heterocycles. The monoisotopic (exact) mass is 370 g/mol. The lowest BCUT2D eigenvalue weighted by atomic mass is 9.72. The van der Waals surface area contributed by atoms with Crippen LogP contribution < -0.4 is 4.90 Å². The van der Waals surface area contributed by atoms with Crippen LogP contribution in [0.4, 0.5) is 5.82 Å². The first kappa shape index (κ1) is 19.6. The van der Waals surface area contributed by atoms with Gasteiger partial charge in [0.2, 0.25) is 5.91 Å². The highest BCUT2D eigenvalue weighted by molar-refractivity contribution is 5.77. The van der Waals surface area contributed by atoms with Crippen LogP contribution in [0.5, 0.6) is 0 Å². The molecule has 27 heavy (non-hydrogen) atoms. The summed E-state index contributed by atoms with van der Waals surface area (Å²) >= 11 is 0. The van der Waals surface area contributed by atoms with Gasteiger partial charge in [-0.2, -0.15) is 5.26 Å². The number of anilines is 1. The summed E-state index contributed by atoms with van der Waals surface area (Å²) < 4.78 is 5.16. The van der Waals surface area contributed by atoms with E-state index in [4.69, 9.17) is 9.72 Å². The van der Waals surface area contributed by atoms with Crippen LogP contribution in [-0.2, 0) is 9.53 Å². The van der Waals surface area contributed by atoms with Crippen molar-refractivity contribution in [3.63, 3.8) is 0 Å². The number of hydrogen-bond acceptors (Lipinski definition) is 5. The molecule has 6 nitrogen and oxygen atoms in total. The predicted octanol–water partition coefficient (Wildman–Crippen LogP) is 2.93. The molecule has 2 aliphatic heterocycles. The van der Waals surface area contributed by atoms with Crippen molar-refractivity contribution in [2.45, 2.75) is 45.4 Å². The SMILES string of the molecule is COCCN1CC2(CCC1=O)CCN(c1nc(C(C)C)ccc1C#N)CC2. The molecule has 0 saturated carbocycles. The molecule has 0 atom stereocenters. The fourth-order valence-corrected chi connectivity index (χ4v) is 4.22. The zero-order valence-corrected chi connectivity index (χ0v) is 16.7. The number of pyridine rings is 1. The van der Waals surface area contributed by atoms with Gasteiger partial charge in [-0.05, 0) is 42.7 Å². The summed E-state index contributed by atoms with van der Waals surface area (Å²) in [6, 6.07) is 6.15. The minimum absolute atomic E-state index is 0.195. The van der Waals surface area contributed by atoms with E-state index in [1.807, 2.05) is 17.0 Å². The molecule has 3 rings (SSSR count). The van der Waals surface area contributed by atoms with Crippen LogP contribution >= 0.6 is 0 Å². The molecule has 0 aliphatic carbocycles.